The van der Waals surface area contributed by atoms with Crippen molar-refractivity contribution in [1.82, 2.24) is 0 Å². The van der Waals surface area contributed by atoms with Gasteiger partial charge in [0.1, 0.15) is 5.75 Å². The van der Waals surface area contributed by atoms with Gasteiger partial charge in [-0.3, -0.25) is 0 Å². The summed E-state index contributed by atoms with van der Waals surface area (Å²) >= 11 is 0. The smallest absolute Gasteiger partial charge is 0.119 e. The second-order valence-electron chi connectivity index (χ2n) is 4.47. The fourth-order valence-corrected chi connectivity index (χ4v) is 1.80. The van der Waals surface area contributed by atoms with Crippen molar-refractivity contribution in [3.8, 4) is 5.75 Å². The Morgan fingerprint density at radius 2 is 1.89 bits per heavy atom. The molecule has 0 aliphatic rings. The van der Waals surface area contributed by atoms with Gasteiger partial charge < -0.3 is 15.8 Å². The van der Waals surface area contributed by atoms with Crippen LogP contribution in [0.2, 0.25) is 0 Å². The number of rotatable bonds is 6. The van der Waals surface area contributed by atoms with Gasteiger partial charge in [0.25, 0.3) is 0 Å². The molecule has 3 nitrogen and oxygen atoms in total. The van der Waals surface area contributed by atoms with Gasteiger partial charge in [0, 0.05) is 17.9 Å². The van der Waals surface area contributed by atoms with E-state index in [2.05, 4.69) is 18.3 Å². The zero-order valence-corrected chi connectivity index (χ0v) is 11.2. The molecule has 0 aliphatic heterocycles. The number of anilines is 2. The SMILES string of the molecule is CCCOc1ccc(NCc2cccc(N)c2)cc1. The molecular weight excluding hydrogens is 236 g/mol. The van der Waals surface area contributed by atoms with Gasteiger partial charge in [-0.25, -0.2) is 0 Å². The van der Waals surface area contributed by atoms with Crippen LogP contribution in [0.15, 0.2) is 48.5 Å². The van der Waals surface area contributed by atoms with Crippen LogP contribution >= 0.6 is 0 Å². The summed E-state index contributed by atoms with van der Waals surface area (Å²) in [5.74, 6) is 0.913. The number of hydrogen-bond acceptors (Lipinski definition) is 3. The summed E-state index contributed by atoms with van der Waals surface area (Å²) in [4.78, 5) is 0. The molecule has 0 spiro atoms. The lowest BCUT2D eigenvalue weighted by molar-refractivity contribution is 0.317. The summed E-state index contributed by atoms with van der Waals surface area (Å²) in [7, 11) is 0. The highest BCUT2D eigenvalue weighted by Crippen LogP contribution is 2.17. The Kier molecular flexibility index (Phi) is 4.67. The summed E-state index contributed by atoms with van der Waals surface area (Å²) in [5.41, 5.74) is 8.79. The van der Waals surface area contributed by atoms with Crippen LogP contribution in [0.3, 0.4) is 0 Å². The number of ether oxygens (including phenoxy) is 1. The average molecular weight is 256 g/mol. The number of nitrogens with one attached hydrogen (secondary N) is 1. The summed E-state index contributed by atoms with van der Waals surface area (Å²) < 4.78 is 5.54. The van der Waals surface area contributed by atoms with E-state index >= 15 is 0 Å². The van der Waals surface area contributed by atoms with Crippen molar-refractivity contribution in [3.05, 3.63) is 54.1 Å². The number of nitrogen functional groups attached to an aromatic ring is 1. The summed E-state index contributed by atoms with van der Waals surface area (Å²) in [6, 6.07) is 15.9. The number of nitrogens with two attached hydrogens (primary N) is 1. The van der Waals surface area contributed by atoms with Crippen LogP contribution in [-0.4, -0.2) is 6.61 Å². The molecule has 0 heterocycles. The van der Waals surface area contributed by atoms with Crippen LogP contribution in [0.5, 0.6) is 5.75 Å². The van der Waals surface area contributed by atoms with Crippen LogP contribution in [0.4, 0.5) is 11.4 Å². The first-order chi connectivity index (χ1) is 9.28. The molecule has 2 aromatic carbocycles. The Balaban J connectivity index is 1.89. The third kappa shape index (κ3) is 4.21. The Labute approximate surface area is 114 Å². The highest BCUT2D eigenvalue weighted by atomic mass is 16.5. The molecular formula is C16H20N2O. The predicted octanol–water partition coefficient (Wildman–Crippen LogP) is 3.67. The minimum atomic E-state index is 0.760. The third-order valence-electron chi connectivity index (χ3n) is 2.77. The molecule has 2 aromatic rings. The summed E-state index contributed by atoms with van der Waals surface area (Å²) in [6.45, 7) is 3.62. The van der Waals surface area contributed by atoms with E-state index < -0.39 is 0 Å². The van der Waals surface area contributed by atoms with Crippen LogP contribution < -0.4 is 15.8 Å². The predicted molar refractivity (Wildman–Crippen MR) is 80.4 cm³/mol. The molecule has 0 fully saturated rings. The Bertz CT molecular complexity index is 508. The van der Waals surface area contributed by atoms with Crippen LogP contribution in [0.25, 0.3) is 0 Å². The monoisotopic (exact) mass is 256 g/mol. The molecule has 3 heteroatoms. The standard InChI is InChI=1S/C16H20N2O/c1-2-10-19-16-8-6-15(7-9-16)18-12-13-4-3-5-14(17)11-13/h3-9,11,18H,2,10,12,17H2,1H3. The molecule has 0 unspecified atom stereocenters. The van der Waals surface area contributed by atoms with E-state index in [-0.39, 0.29) is 0 Å². The normalized spacial score (nSPS) is 10.2. The van der Waals surface area contributed by atoms with E-state index in [4.69, 9.17) is 10.5 Å². The van der Waals surface area contributed by atoms with Gasteiger partial charge in [-0.05, 0) is 48.4 Å². The van der Waals surface area contributed by atoms with E-state index in [0.29, 0.717) is 0 Å². The Morgan fingerprint density at radius 3 is 2.58 bits per heavy atom. The van der Waals surface area contributed by atoms with Crippen molar-refractivity contribution < 1.29 is 4.74 Å². The zero-order chi connectivity index (χ0) is 13.5. The average Bonchev–Trinajstić information content (AvgIpc) is 2.44. The highest BCUT2D eigenvalue weighted by Gasteiger charge is 1.96. The van der Waals surface area contributed by atoms with E-state index in [9.17, 15) is 0 Å². The minimum absolute atomic E-state index is 0.760. The second-order valence-corrected chi connectivity index (χ2v) is 4.47. The van der Waals surface area contributed by atoms with Crippen LogP contribution in [-0.2, 0) is 6.54 Å². The molecule has 0 aromatic heterocycles. The Morgan fingerprint density at radius 1 is 1.11 bits per heavy atom. The maximum Gasteiger partial charge on any atom is 0.119 e. The lowest BCUT2D eigenvalue weighted by atomic mass is 10.2. The molecule has 0 saturated carbocycles. The van der Waals surface area contributed by atoms with E-state index in [1.165, 1.54) is 5.56 Å². The van der Waals surface area contributed by atoms with E-state index in [1.54, 1.807) is 0 Å². The fraction of sp³-hybridized carbons (Fsp3) is 0.250. The molecule has 0 radical (unpaired) electrons. The maximum atomic E-state index is 5.75. The van der Waals surface area contributed by atoms with E-state index in [0.717, 1.165) is 36.7 Å². The fourth-order valence-electron chi connectivity index (χ4n) is 1.80. The van der Waals surface area contributed by atoms with Crippen molar-refractivity contribution in [2.24, 2.45) is 0 Å². The van der Waals surface area contributed by atoms with Gasteiger partial charge in [0.05, 0.1) is 6.61 Å². The quantitative estimate of drug-likeness (QED) is 0.775. The van der Waals surface area contributed by atoms with Gasteiger partial charge >= 0.3 is 0 Å². The molecule has 0 bridgehead atoms. The third-order valence-corrected chi connectivity index (χ3v) is 2.77. The van der Waals surface area contributed by atoms with Crippen LogP contribution in [0.1, 0.15) is 18.9 Å². The van der Waals surface area contributed by atoms with Gasteiger partial charge in [0.2, 0.25) is 0 Å². The number of benzene rings is 2. The highest BCUT2D eigenvalue weighted by molar-refractivity contribution is 5.48. The summed E-state index contributed by atoms with van der Waals surface area (Å²) in [5, 5.41) is 3.36. The van der Waals surface area contributed by atoms with Crippen molar-refractivity contribution in [2.45, 2.75) is 19.9 Å². The lowest BCUT2D eigenvalue weighted by Gasteiger charge is -2.09. The van der Waals surface area contributed by atoms with E-state index in [1.807, 2.05) is 42.5 Å². The first-order valence-electron chi connectivity index (χ1n) is 6.59. The maximum absolute atomic E-state index is 5.75. The topological polar surface area (TPSA) is 47.3 Å². The van der Waals surface area contributed by atoms with Gasteiger partial charge in [-0.15, -0.1) is 0 Å². The molecule has 0 saturated heterocycles. The van der Waals surface area contributed by atoms with Gasteiger partial charge in [-0.2, -0.15) is 0 Å². The zero-order valence-electron chi connectivity index (χ0n) is 11.2. The Hall–Kier alpha value is -2.16. The first-order valence-corrected chi connectivity index (χ1v) is 6.59. The summed E-state index contributed by atoms with van der Waals surface area (Å²) in [6.07, 6.45) is 1.02. The minimum Gasteiger partial charge on any atom is -0.494 e. The van der Waals surface area contributed by atoms with Crippen molar-refractivity contribution in [3.63, 3.8) is 0 Å². The van der Waals surface area contributed by atoms with Crippen molar-refractivity contribution in [1.29, 1.82) is 0 Å². The lowest BCUT2D eigenvalue weighted by Crippen LogP contribution is -2.00. The van der Waals surface area contributed by atoms with Crippen molar-refractivity contribution >= 4 is 11.4 Å². The molecule has 3 N–H and O–H groups in total. The first kappa shape index (κ1) is 13.3. The van der Waals surface area contributed by atoms with Gasteiger partial charge in [-0.1, -0.05) is 19.1 Å². The van der Waals surface area contributed by atoms with Crippen molar-refractivity contribution in [2.75, 3.05) is 17.7 Å². The molecule has 0 aliphatic carbocycles. The van der Waals surface area contributed by atoms with Gasteiger partial charge in [0.15, 0.2) is 0 Å². The molecule has 2 rings (SSSR count). The molecule has 0 amide bonds. The molecule has 19 heavy (non-hydrogen) atoms. The largest absolute Gasteiger partial charge is 0.494 e. The number of hydrogen-bond donors (Lipinski definition) is 2. The van der Waals surface area contributed by atoms with Crippen LogP contribution in [0, 0.1) is 0 Å². The second kappa shape index (κ2) is 6.69. The molecule has 100 valence electrons. The molecule has 0 atom stereocenters.